The van der Waals surface area contributed by atoms with Crippen LogP contribution in [0, 0.1) is 18.3 Å². The van der Waals surface area contributed by atoms with Gasteiger partial charge in [0.2, 0.25) is 0 Å². The van der Waals surface area contributed by atoms with E-state index in [4.69, 9.17) is 10.5 Å². The molecule has 1 unspecified atom stereocenters. The Morgan fingerprint density at radius 3 is 2.08 bits per heavy atom. The lowest BCUT2D eigenvalue weighted by Gasteiger charge is -2.15. The van der Waals surface area contributed by atoms with Crippen molar-refractivity contribution in [3.05, 3.63) is 83.9 Å². The summed E-state index contributed by atoms with van der Waals surface area (Å²) in [5, 5.41) is 21.6. The molecule has 0 spiro atoms. The van der Waals surface area contributed by atoms with E-state index in [0.29, 0.717) is 5.56 Å². The van der Waals surface area contributed by atoms with Crippen LogP contribution in [0.25, 0.3) is 11.1 Å². The fourth-order valence-electron chi connectivity index (χ4n) is 2.68. The number of benzene rings is 3. The number of anilines is 2. The molecule has 1 atom stereocenters. The second-order valence-electron chi connectivity index (χ2n) is 5.85. The van der Waals surface area contributed by atoms with Crippen LogP contribution in [0.1, 0.15) is 17.2 Å². The lowest BCUT2D eigenvalue weighted by Crippen LogP contribution is -2.16. The molecule has 25 heavy (non-hydrogen) atoms. The van der Waals surface area contributed by atoms with E-state index in [-0.39, 0.29) is 0 Å². The minimum absolute atomic E-state index is 0.690. The van der Waals surface area contributed by atoms with E-state index < -0.39 is 6.04 Å². The summed E-state index contributed by atoms with van der Waals surface area (Å²) < 4.78 is 0. The molecule has 0 aliphatic heterocycles. The molecular formula is C21H19N3O. The summed E-state index contributed by atoms with van der Waals surface area (Å²) in [5.41, 5.74) is 7.97. The van der Waals surface area contributed by atoms with Crippen LogP contribution < -0.4 is 10.8 Å². The van der Waals surface area contributed by atoms with Gasteiger partial charge in [0.15, 0.2) is 0 Å². The maximum Gasteiger partial charge on any atom is 0.145 e. The van der Waals surface area contributed by atoms with E-state index in [0.717, 1.165) is 16.9 Å². The second kappa shape index (κ2) is 7.63. The third-order valence-electron chi connectivity index (χ3n) is 4.08. The fraction of sp³-hybridized carbons (Fsp3) is 0.0952. The molecule has 124 valence electrons. The lowest BCUT2D eigenvalue weighted by atomic mass is 10.0. The van der Waals surface area contributed by atoms with Crippen LogP contribution in [0.15, 0.2) is 72.8 Å². The number of aryl methyl sites for hydroxylation is 1. The van der Waals surface area contributed by atoms with Crippen LogP contribution >= 0.6 is 0 Å². The van der Waals surface area contributed by atoms with Gasteiger partial charge in [-0.3, -0.25) is 0 Å². The average molecular weight is 329 g/mol. The van der Waals surface area contributed by atoms with Gasteiger partial charge in [-0.25, -0.2) is 0 Å². The molecule has 0 saturated carbocycles. The number of nitrogens with zero attached hydrogens (tertiary/aromatic N) is 1. The van der Waals surface area contributed by atoms with Crippen LogP contribution in [0.2, 0.25) is 0 Å². The maximum atomic E-state index is 9.15. The van der Waals surface area contributed by atoms with Gasteiger partial charge in [-0.05, 0) is 36.2 Å². The molecule has 0 radical (unpaired) electrons. The first-order valence-corrected chi connectivity index (χ1v) is 8.03. The van der Waals surface area contributed by atoms with E-state index in [2.05, 4.69) is 48.6 Å². The number of hydrogen-bond donors (Lipinski definition) is 3. The van der Waals surface area contributed by atoms with E-state index in [1.54, 1.807) is 6.07 Å². The van der Waals surface area contributed by atoms with Crippen molar-refractivity contribution in [2.24, 2.45) is 0 Å². The van der Waals surface area contributed by atoms with Gasteiger partial charge in [-0.15, -0.1) is 0 Å². The van der Waals surface area contributed by atoms with Gasteiger partial charge >= 0.3 is 0 Å². The minimum atomic E-state index is -0.782. The Labute approximate surface area is 147 Å². The zero-order valence-electron chi connectivity index (χ0n) is 13.9. The number of rotatable bonds is 5. The number of hydrogen-bond acceptors (Lipinski definition) is 4. The van der Waals surface area contributed by atoms with Crippen LogP contribution in [0.3, 0.4) is 0 Å². The van der Waals surface area contributed by atoms with Crippen LogP contribution in [0.4, 0.5) is 11.4 Å². The topological polar surface area (TPSA) is 68.1 Å². The molecule has 3 aromatic rings. The van der Waals surface area contributed by atoms with Gasteiger partial charge < -0.3 is 10.5 Å². The normalized spacial score (nSPS) is 11.6. The monoisotopic (exact) mass is 329 g/mol. The lowest BCUT2D eigenvalue weighted by molar-refractivity contribution is 0.146. The SMILES string of the molecule is Cc1ccc(-c2ccc(Nc3ccccc3C(C#N)NO)cc2)cc1. The fourth-order valence-corrected chi connectivity index (χ4v) is 2.68. The number of nitrogens with one attached hydrogen (secondary N) is 2. The molecular weight excluding hydrogens is 310 g/mol. The zero-order valence-corrected chi connectivity index (χ0v) is 13.9. The summed E-state index contributed by atoms with van der Waals surface area (Å²) in [6.45, 7) is 2.07. The van der Waals surface area contributed by atoms with Crippen molar-refractivity contribution in [2.45, 2.75) is 13.0 Å². The van der Waals surface area contributed by atoms with E-state index in [1.807, 2.05) is 41.9 Å². The van der Waals surface area contributed by atoms with Crippen molar-refractivity contribution in [1.82, 2.24) is 5.48 Å². The molecule has 0 amide bonds. The van der Waals surface area contributed by atoms with Gasteiger partial charge in [0, 0.05) is 16.9 Å². The maximum absolute atomic E-state index is 9.15. The standard InChI is InChI=1S/C21H19N3O/c1-15-6-8-16(9-7-15)17-10-12-18(13-11-17)23-20-5-3-2-4-19(20)21(14-22)24-25/h2-13,21,23-25H,1H3. The van der Waals surface area contributed by atoms with Crippen molar-refractivity contribution < 1.29 is 5.21 Å². The predicted octanol–water partition coefficient (Wildman–Crippen LogP) is 4.95. The number of nitriles is 1. The second-order valence-corrected chi connectivity index (χ2v) is 5.85. The Balaban J connectivity index is 1.83. The molecule has 0 bridgehead atoms. The molecule has 3 rings (SSSR count). The average Bonchev–Trinajstić information content (AvgIpc) is 2.65. The predicted molar refractivity (Wildman–Crippen MR) is 99.6 cm³/mol. The Kier molecular flexibility index (Phi) is 5.10. The molecule has 0 fully saturated rings. The highest BCUT2D eigenvalue weighted by molar-refractivity contribution is 5.70. The van der Waals surface area contributed by atoms with Crippen molar-refractivity contribution in [1.29, 1.82) is 5.26 Å². The summed E-state index contributed by atoms with van der Waals surface area (Å²) in [5.74, 6) is 0. The molecule has 0 aromatic heterocycles. The smallest absolute Gasteiger partial charge is 0.145 e. The third-order valence-corrected chi connectivity index (χ3v) is 4.08. The van der Waals surface area contributed by atoms with E-state index >= 15 is 0 Å². The van der Waals surface area contributed by atoms with Crippen molar-refractivity contribution in [3.63, 3.8) is 0 Å². The molecule has 0 saturated heterocycles. The van der Waals surface area contributed by atoms with Crippen molar-refractivity contribution >= 4 is 11.4 Å². The van der Waals surface area contributed by atoms with Crippen molar-refractivity contribution in [2.75, 3.05) is 5.32 Å². The largest absolute Gasteiger partial charge is 0.355 e. The number of hydroxylamine groups is 1. The van der Waals surface area contributed by atoms with Crippen molar-refractivity contribution in [3.8, 4) is 17.2 Å². The highest BCUT2D eigenvalue weighted by Crippen LogP contribution is 2.27. The molecule has 3 N–H and O–H groups in total. The first-order chi connectivity index (χ1) is 12.2. The van der Waals surface area contributed by atoms with Crippen LogP contribution in [-0.4, -0.2) is 5.21 Å². The molecule has 0 heterocycles. The summed E-state index contributed by atoms with van der Waals surface area (Å²) in [7, 11) is 0. The first-order valence-electron chi connectivity index (χ1n) is 8.03. The summed E-state index contributed by atoms with van der Waals surface area (Å²) in [4.78, 5) is 0. The van der Waals surface area contributed by atoms with Gasteiger partial charge in [-0.1, -0.05) is 60.2 Å². The molecule has 3 aromatic carbocycles. The minimum Gasteiger partial charge on any atom is -0.355 e. The summed E-state index contributed by atoms with van der Waals surface area (Å²) in [6.07, 6.45) is 0. The molecule has 0 aliphatic rings. The third kappa shape index (κ3) is 3.86. The Morgan fingerprint density at radius 2 is 1.48 bits per heavy atom. The highest BCUT2D eigenvalue weighted by atomic mass is 16.5. The van der Waals surface area contributed by atoms with Gasteiger partial charge in [0.25, 0.3) is 0 Å². The molecule has 0 aliphatic carbocycles. The van der Waals surface area contributed by atoms with Crippen LogP contribution in [-0.2, 0) is 0 Å². The first kappa shape index (κ1) is 16.7. The van der Waals surface area contributed by atoms with E-state index in [1.165, 1.54) is 11.1 Å². The highest BCUT2D eigenvalue weighted by Gasteiger charge is 2.13. The Bertz CT molecular complexity index is 880. The van der Waals surface area contributed by atoms with Crippen LogP contribution in [0.5, 0.6) is 0 Å². The zero-order chi connectivity index (χ0) is 17.6. The summed E-state index contributed by atoms with van der Waals surface area (Å²) in [6, 6.07) is 25.2. The number of para-hydroxylation sites is 1. The van der Waals surface area contributed by atoms with Gasteiger partial charge in [0.1, 0.15) is 6.04 Å². The van der Waals surface area contributed by atoms with E-state index in [9.17, 15) is 0 Å². The molecule has 4 heteroatoms. The Hall–Kier alpha value is -3.13. The van der Waals surface area contributed by atoms with Gasteiger partial charge in [-0.2, -0.15) is 10.7 Å². The summed E-state index contributed by atoms with van der Waals surface area (Å²) >= 11 is 0. The van der Waals surface area contributed by atoms with Gasteiger partial charge in [0.05, 0.1) is 6.07 Å². The Morgan fingerprint density at radius 1 is 0.880 bits per heavy atom. The molecule has 4 nitrogen and oxygen atoms in total. The quantitative estimate of drug-likeness (QED) is 0.579.